The zero-order valence-corrected chi connectivity index (χ0v) is 17.8. The van der Waals surface area contributed by atoms with E-state index in [1.54, 1.807) is 17.5 Å². The first-order chi connectivity index (χ1) is 15.1. The lowest BCUT2D eigenvalue weighted by molar-refractivity contribution is -0.137. The van der Waals surface area contributed by atoms with Crippen LogP contribution in [0.15, 0.2) is 65.1 Å². The fourth-order valence-corrected chi connectivity index (χ4v) is 5.21. The number of carbonyl (C=O) groups is 2. The summed E-state index contributed by atoms with van der Waals surface area (Å²) in [4.78, 5) is 24.9. The Morgan fingerprint density at radius 2 is 1.84 bits per heavy atom. The monoisotopic (exact) mass is 477 g/mol. The van der Waals surface area contributed by atoms with Gasteiger partial charge in [-0.25, -0.2) is 4.79 Å². The van der Waals surface area contributed by atoms with Gasteiger partial charge in [-0.2, -0.15) is 13.2 Å². The summed E-state index contributed by atoms with van der Waals surface area (Å²) >= 11 is 5.47. The Labute approximate surface area is 188 Å². The summed E-state index contributed by atoms with van der Waals surface area (Å²) in [6, 6.07) is 13.8. The largest absolute Gasteiger partial charge is 0.478 e. The highest BCUT2D eigenvalue weighted by Crippen LogP contribution is 2.35. The van der Waals surface area contributed by atoms with Gasteiger partial charge in [-0.3, -0.25) is 9.69 Å². The number of thiocarbonyl (C=S) groups is 1. The van der Waals surface area contributed by atoms with Gasteiger partial charge in [0.2, 0.25) is 5.91 Å². The van der Waals surface area contributed by atoms with Crippen LogP contribution in [0.3, 0.4) is 0 Å². The Balaban J connectivity index is 1.58. The number of carbonyl (C=O) groups excluding carboxylic acids is 1. The number of aromatic carboxylic acids is 1. The number of carboxylic acid groups (broad SMARTS) is 1. The Morgan fingerprint density at radius 1 is 1.12 bits per heavy atom. The molecule has 5 nitrogen and oxygen atoms in total. The molecule has 4 rings (SSSR count). The molecule has 0 aliphatic carbocycles. The van der Waals surface area contributed by atoms with E-state index in [1.165, 1.54) is 41.3 Å². The van der Waals surface area contributed by atoms with E-state index in [-0.39, 0.29) is 28.5 Å². The van der Waals surface area contributed by atoms with Crippen molar-refractivity contribution in [3.8, 4) is 11.3 Å². The van der Waals surface area contributed by atoms with E-state index in [1.807, 2.05) is 0 Å². The normalized spacial score (nSPS) is 16.7. The van der Waals surface area contributed by atoms with Crippen LogP contribution in [0.1, 0.15) is 21.7 Å². The standard InChI is InChI=1S/C22H14F3NO4S2/c23-22(24,25)15-3-1-2-14(10-15)18-9-8-17(30-18)11-32-12-19(27)26(21(32)31)16-6-4-13(5-7-16)20(28)29/h1-11H,12H2,(H,28,29). The second-order valence-electron chi connectivity index (χ2n) is 6.82. The van der Waals surface area contributed by atoms with Gasteiger partial charge in [0.1, 0.15) is 15.8 Å². The van der Waals surface area contributed by atoms with E-state index in [9.17, 15) is 22.8 Å². The minimum absolute atomic E-state index is 0.0922. The van der Waals surface area contributed by atoms with Gasteiger partial charge in [0.25, 0.3) is 0 Å². The molecule has 32 heavy (non-hydrogen) atoms. The van der Waals surface area contributed by atoms with Crippen LogP contribution in [-0.4, -0.2) is 32.4 Å². The van der Waals surface area contributed by atoms with Crippen molar-refractivity contribution in [3.05, 3.63) is 77.6 Å². The summed E-state index contributed by atoms with van der Waals surface area (Å²) in [5.74, 6) is -0.529. The zero-order chi connectivity index (χ0) is 23.0. The van der Waals surface area contributed by atoms with Crippen LogP contribution in [0.2, 0.25) is 0 Å². The molecular formula is C22H14F3NO4S2. The average Bonchev–Trinajstić information content (AvgIpc) is 3.32. The second kappa shape index (κ2) is 8.36. The van der Waals surface area contributed by atoms with Gasteiger partial charge >= 0.3 is 12.1 Å². The first-order valence-electron chi connectivity index (χ1n) is 9.16. The van der Waals surface area contributed by atoms with Crippen LogP contribution in [0.4, 0.5) is 18.9 Å². The molecule has 1 unspecified atom stereocenters. The predicted octanol–water partition coefficient (Wildman–Crippen LogP) is 5.41. The molecule has 1 N–H and O–H groups in total. The van der Waals surface area contributed by atoms with Crippen LogP contribution >= 0.6 is 22.7 Å². The van der Waals surface area contributed by atoms with Crippen molar-refractivity contribution in [1.82, 2.24) is 0 Å². The summed E-state index contributed by atoms with van der Waals surface area (Å²) in [6.07, 6.45) is -4.46. The van der Waals surface area contributed by atoms with E-state index in [4.69, 9.17) is 21.7 Å². The molecule has 164 valence electrons. The van der Waals surface area contributed by atoms with Gasteiger partial charge in [-0.1, -0.05) is 24.4 Å². The molecule has 1 fully saturated rings. The van der Waals surface area contributed by atoms with Gasteiger partial charge in [0.15, 0.2) is 0 Å². The Hall–Kier alpha value is -3.24. The molecule has 1 saturated heterocycles. The molecule has 0 radical (unpaired) electrons. The summed E-state index contributed by atoms with van der Waals surface area (Å²) < 4.78 is 44.9. The summed E-state index contributed by atoms with van der Waals surface area (Å²) in [5.41, 5.74) is 0.0750. The molecule has 1 aliphatic heterocycles. The quantitative estimate of drug-likeness (QED) is 0.509. The predicted molar refractivity (Wildman–Crippen MR) is 120 cm³/mol. The van der Waals surface area contributed by atoms with Crippen LogP contribution in [0, 0.1) is 0 Å². The highest BCUT2D eigenvalue weighted by Gasteiger charge is 2.32. The highest BCUT2D eigenvalue weighted by atomic mass is 32.2. The van der Waals surface area contributed by atoms with Gasteiger partial charge < -0.3 is 9.52 Å². The minimum Gasteiger partial charge on any atom is -0.478 e. The number of nitrogens with zero attached hydrogens (tertiary/aromatic N) is 1. The Kier molecular flexibility index (Phi) is 5.74. The van der Waals surface area contributed by atoms with E-state index in [0.29, 0.717) is 15.8 Å². The Bertz CT molecular complexity index is 1260. The fraction of sp³-hybridized carbons (Fsp3) is 0.0909. The number of halogens is 3. The van der Waals surface area contributed by atoms with Crippen LogP contribution in [0.5, 0.6) is 0 Å². The van der Waals surface area contributed by atoms with Gasteiger partial charge in [0.05, 0.1) is 22.6 Å². The van der Waals surface area contributed by atoms with E-state index < -0.39 is 28.2 Å². The molecular weight excluding hydrogens is 463 g/mol. The van der Waals surface area contributed by atoms with Gasteiger partial charge in [-0.05, 0) is 48.5 Å². The third-order valence-corrected chi connectivity index (χ3v) is 7.20. The van der Waals surface area contributed by atoms with Crippen LogP contribution in [-0.2, 0) is 11.0 Å². The van der Waals surface area contributed by atoms with Crippen LogP contribution in [0.25, 0.3) is 11.3 Å². The molecule has 1 amide bonds. The number of carboxylic acids is 1. The molecule has 0 saturated carbocycles. The number of benzene rings is 2. The molecule has 0 spiro atoms. The number of alkyl halides is 3. The van der Waals surface area contributed by atoms with E-state index in [2.05, 4.69) is 0 Å². The second-order valence-corrected chi connectivity index (χ2v) is 9.23. The third kappa shape index (κ3) is 4.37. The minimum atomic E-state index is -4.46. The molecule has 1 aromatic heterocycles. The topological polar surface area (TPSA) is 70.8 Å². The molecule has 0 bridgehead atoms. The average molecular weight is 477 g/mol. The van der Waals surface area contributed by atoms with Crippen molar-refractivity contribution in [2.45, 2.75) is 6.18 Å². The van der Waals surface area contributed by atoms with Gasteiger partial charge in [-0.15, -0.1) is 10.5 Å². The lowest BCUT2D eigenvalue weighted by atomic mass is 10.1. The lowest BCUT2D eigenvalue weighted by Gasteiger charge is -2.15. The zero-order valence-electron chi connectivity index (χ0n) is 16.1. The fourth-order valence-electron chi connectivity index (χ4n) is 3.13. The van der Waals surface area contributed by atoms with Crippen molar-refractivity contribution in [1.29, 1.82) is 0 Å². The van der Waals surface area contributed by atoms with Crippen molar-refractivity contribution in [3.63, 3.8) is 0 Å². The SMILES string of the molecule is O=C(O)c1ccc(N2C(=O)CS(=Cc3ccc(-c4cccc(C(F)(F)F)c4)o3)C2=S)cc1. The van der Waals surface area contributed by atoms with Gasteiger partial charge in [0, 0.05) is 10.9 Å². The van der Waals surface area contributed by atoms with Crippen molar-refractivity contribution < 1.29 is 32.3 Å². The maximum absolute atomic E-state index is 13.0. The van der Waals surface area contributed by atoms with Crippen molar-refractivity contribution >= 4 is 50.0 Å². The molecule has 1 atom stereocenters. The number of hydrogen-bond donors (Lipinski definition) is 1. The third-order valence-electron chi connectivity index (χ3n) is 4.67. The maximum Gasteiger partial charge on any atom is 0.416 e. The lowest BCUT2D eigenvalue weighted by Crippen LogP contribution is -2.28. The number of furan rings is 1. The number of amides is 1. The van der Waals surface area contributed by atoms with E-state index in [0.717, 1.165) is 12.1 Å². The molecule has 1 aliphatic rings. The number of rotatable bonds is 4. The first-order valence-corrected chi connectivity index (χ1v) is 11.0. The summed E-state index contributed by atoms with van der Waals surface area (Å²) in [7, 11) is -0.767. The Morgan fingerprint density at radius 3 is 2.50 bits per heavy atom. The highest BCUT2D eigenvalue weighted by molar-refractivity contribution is 8.35. The number of anilines is 1. The summed E-state index contributed by atoms with van der Waals surface area (Å²) in [5, 5.41) is 10.7. The maximum atomic E-state index is 13.0. The summed E-state index contributed by atoms with van der Waals surface area (Å²) in [6.45, 7) is 0. The number of hydrogen-bond acceptors (Lipinski definition) is 4. The molecule has 2 aromatic carbocycles. The molecule has 3 aromatic rings. The van der Waals surface area contributed by atoms with Crippen molar-refractivity contribution in [2.75, 3.05) is 10.7 Å². The molecule has 10 heteroatoms. The van der Waals surface area contributed by atoms with Crippen LogP contribution < -0.4 is 4.90 Å². The van der Waals surface area contributed by atoms with Crippen molar-refractivity contribution in [2.24, 2.45) is 0 Å². The first kappa shape index (κ1) is 22.0. The molecule has 2 heterocycles. The smallest absolute Gasteiger partial charge is 0.416 e. The van der Waals surface area contributed by atoms with E-state index >= 15 is 0 Å².